The van der Waals surface area contributed by atoms with Crippen molar-refractivity contribution in [3.05, 3.63) is 0 Å². The van der Waals surface area contributed by atoms with Crippen LogP contribution in [0, 0.1) is 34.5 Å². The van der Waals surface area contributed by atoms with Crippen LogP contribution in [0.2, 0.25) is 0 Å². The number of hydrogen-bond donors (Lipinski definition) is 0. The van der Waals surface area contributed by atoms with Crippen LogP contribution in [0.5, 0.6) is 0 Å². The minimum absolute atomic E-state index is 0.0916. The van der Waals surface area contributed by atoms with Gasteiger partial charge in [0.05, 0.1) is 6.54 Å². The van der Waals surface area contributed by atoms with E-state index in [1.807, 2.05) is 25.7 Å². The minimum atomic E-state index is -2.79. The predicted molar refractivity (Wildman–Crippen MR) is 108 cm³/mol. The van der Waals surface area contributed by atoms with Crippen LogP contribution in [-0.2, 0) is 4.74 Å². The fourth-order valence-electron chi connectivity index (χ4n) is 4.37. The number of piperidine rings is 1. The van der Waals surface area contributed by atoms with Crippen LogP contribution < -0.4 is 0 Å². The number of alkyl halides is 2. The minimum Gasteiger partial charge on any atom is -0.359 e. The zero-order valence-corrected chi connectivity index (χ0v) is 18.2. The second kappa shape index (κ2) is 8.78. The largest absolute Gasteiger partial charge is 0.359 e. The first-order chi connectivity index (χ1) is 12.4. The highest BCUT2D eigenvalue weighted by Crippen LogP contribution is 2.40. The maximum atomic E-state index is 14.5. The lowest BCUT2D eigenvalue weighted by Gasteiger charge is -2.41. The molecule has 0 bridgehead atoms. The molecule has 0 aromatic carbocycles. The normalized spacial score (nSPS) is 29.9. The molecule has 0 amide bonds. The third-order valence-corrected chi connectivity index (χ3v) is 6.02. The van der Waals surface area contributed by atoms with E-state index in [0.29, 0.717) is 24.3 Å². The van der Waals surface area contributed by atoms with Crippen molar-refractivity contribution >= 4 is 0 Å². The Hall–Kier alpha value is -0.660. The summed E-state index contributed by atoms with van der Waals surface area (Å²) in [5.41, 5.74) is 0.241. The number of ether oxygens (including phenoxy) is 1. The number of nitrogens with zero attached hydrogens (tertiary/aromatic N) is 1. The van der Waals surface area contributed by atoms with E-state index in [1.165, 1.54) is 25.7 Å². The van der Waals surface area contributed by atoms with Gasteiger partial charge in [0.2, 0.25) is 0 Å². The standard InChI is InChI=1S/C23H39F2NO/c1-21(2,3)13-7-15-27-20-12-14-26(17-23(20,24)25)16-18-8-10-19(11-9-18)22(4,5)6/h18-20H,8-12,14-17H2,1-6H3/t18?,19?,20-/m0/s1. The lowest BCUT2D eigenvalue weighted by atomic mass is 9.70. The molecule has 1 saturated carbocycles. The summed E-state index contributed by atoms with van der Waals surface area (Å²) in [6.45, 7) is 14.4. The molecule has 2 rings (SSSR count). The Morgan fingerprint density at radius 2 is 1.63 bits per heavy atom. The highest BCUT2D eigenvalue weighted by atomic mass is 19.3. The van der Waals surface area contributed by atoms with Crippen molar-refractivity contribution in [3.63, 3.8) is 0 Å². The van der Waals surface area contributed by atoms with Crippen molar-refractivity contribution in [3.8, 4) is 11.8 Å². The molecule has 0 N–H and O–H groups in total. The van der Waals surface area contributed by atoms with E-state index in [1.54, 1.807) is 0 Å². The maximum Gasteiger partial charge on any atom is 0.286 e. The summed E-state index contributed by atoms with van der Waals surface area (Å²) in [5.74, 6) is 4.46. The van der Waals surface area contributed by atoms with Gasteiger partial charge in [0.25, 0.3) is 5.92 Å². The van der Waals surface area contributed by atoms with Crippen molar-refractivity contribution in [2.24, 2.45) is 22.7 Å². The Labute approximate surface area is 165 Å². The highest BCUT2D eigenvalue weighted by molar-refractivity contribution is 5.07. The van der Waals surface area contributed by atoms with E-state index < -0.39 is 12.0 Å². The molecule has 1 aliphatic carbocycles. The molecule has 2 aliphatic rings. The third-order valence-electron chi connectivity index (χ3n) is 6.02. The summed E-state index contributed by atoms with van der Waals surface area (Å²) in [6, 6.07) is 0. The molecule has 0 radical (unpaired) electrons. The molecule has 156 valence electrons. The van der Waals surface area contributed by atoms with Crippen molar-refractivity contribution in [1.82, 2.24) is 4.90 Å². The van der Waals surface area contributed by atoms with Crippen LogP contribution in [0.1, 0.15) is 73.6 Å². The molecule has 2 nitrogen and oxygen atoms in total. The summed E-state index contributed by atoms with van der Waals surface area (Å²) >= 11 is 0. The second-order valence-corrected chi connectivity index (χ2v) is 10.7. The van der Waals surface area contributed by atoms with Gasteiger partial charge in [-0.15, -0.1) is 0 Å². The van der Waals surface area contributed by atoms with E-state index in [9.17, 15) is 8.78 Å². The van der Waals surface area contributed by atoms with Gasteiger partial charge >= 0.3 is 0 Å². The van der Waals surface area contributed by atoms with Gasteiger partial charge < -0.3 is 4.74 Å². The number of likely N-dealkylation sites (tertiary alicyclic amines) is 1. The maximum absolute atomic E-state index is 14.5. The molecule has 1 saturated heterocycles. The number of halogens is 2. The predicted octanol–water partition coefficient (Wildman–Crippen LogP) is 5.61. The average Bonchev–Trinajstić information content (AvgIpc) is 2.51. The molecule has 0 unspecified atom stereocenters. The van der Waals surface area contributed by atoms with E-state index >= 15 is 0 Å². The van der Waals surface area contributed by atoms with Gasteiger partial charge in [0.1, 0.15) is 12.7 Å². The Morgan fingerprint density at radius 1 is 1.00 bits per heavy atom. The lowest BCUT2D eigenvalue weighted by Crippen LogP contribution is -2.53. The molecule has 27 heavy (non-hydrogen) atoms. The molecule has 0 aromatic rings. The van der Waals surface area contributed by atoms with Crippen LogP contribution in [0.3, 0.4) is 0 Å². The van der Waals surface area contributed by atoms with Gasteiger partial charge in [-0.05, 0) is 70.1 Å². The molecule has 2 fully saturated rings. The molecule has 1 heterocycles. The first-order valence-electron chi connectivity index (χ1n) is 10.6. The molecule has 1 atom stereocenters. The average molecular weight is 384 g/mol. The second-order valence-electron chi connectivity index (χ2n) is 10.7. The van der Waals surface area contributed by atoms with E-state index in [2.05, 4.69) is 32.6 Å². The lowest BCUT2D eigenvalue weighted by molar-refractivity contribution is -0.169. The fraction of sp³-hybridized carbons (Fsp3) is 0.913. The summed E-state index contributed by atoms with van der Waals surface area (Å²) in [7, 11) is 0. The van der Waals surface area contributed by atoms with Crippen LogP contribution in [0.25, 0.3) is 0 Å². The van der Waals surface area contributed by atoms with Crippen molar-refractivity contribution in [1.29, 1.82) is 0 Å². The van der Waals surface area contributed by atoms with E-state index in [4.69, 9.17) is 4.74 Å². The number of rotatable bonds is 4. The van der Waals surface area contributed by atoms with Crippen LogP contribution in [-0.4, -0.2) is 43.2 Å². The fourth-order valence-corrected chi connectivity index (χ4v) is 4.37. The van der Waals surface area contributed by atoms with Gasteiger partial charge in [-0.3, -0.25) is 4.90 Å². The molecule has 4 heteroatoms. The van der Waals surface area contributed by atoms with Crippen molar-refractivity contribution in [2.45, 2.75) is 85.7 Å². The number of hydrogen-bond acceptors (Lipinski definition) is 2. The summed E-state index contributed by atoms with van der Waals surface area (Å²) < 4.78 is 34.5. The first kappa shape index (κ1) is 22.6. The zero-order chi connectivity index (χ0) is 20.3. The summed E-state index contributed by atoms with van der Waals surface area (Å²) in [4.78, 5) is 1.96. The molecule has 1 aliphatic heterocycles. The zero-order valence-electron chi connectivity index (χ0n) is 18.2. The first-order valence-corrected chi connectivity index (χ1v) is 10.6. The van der Waals surface area contributed by atoms with Gasteiger partial charge in [-0.2, -0.15) is 0 Å². The smallest absolute Gasteiger partial charge is 0.286 e. The molecular formula is C23H39F2NO. The quantitative estimate of drug-likeness (QED) is 0.585. The van der Waals surface area contributed by atoms with Crippen LogP contribution in [0.15, 0.2) is 0 Å². The van der Waals surface area contributed by atoms with Crippen molar-refractivity contribution in [2.75, 3.05) is 26.2 Å². The topological polar surface area (TPSA) is 12.5 Å². The monoisotopic (exact) mass is 383 g/mol. The molecule has 0 spiro atoms. The van der Waals surface area contributed by atoms with E-state index in [0.717, 1.165) is 12.5 Å². The van der Waals surface area contributed by atoms with Gasteiger partial charge in [0.15, 0.2) is 0 Å². The Kier molecular flexibility index (Phi) is 7.36. The van der Waals surface area contributed by atoms with E-state index in [-0.39, 0.29) is 18.6 Å². The van der Waals surface area contributed by atoms with Gasteiger partial charge in [-0.25, -0.2) is 8.78 Å². The Balaban J connectivity index is 1.77. The van der Waals surface area contributed by atoms with Crippen LogP contribution in [0.4, 0.5) is 8.78 Å². The molecule has 0 aromatic heterocycles. The SMILES string of the molecule is CC(C)(C)C#CCO[C@H]1CCN(CC2CCC(C(C)(C)C)CC2)CC1(F)F. The summed E-state index contributed by atoms with van der Waals surface area (Å²) in [6.07, 6.45) is 4.20. The van der Waals surface area contributed by atoms with Crippen LogP contribution >= 0.6 is 0 Å². The Bertz CT molecular complexity index is 527. The van der Waals surface area contributed by atoms with Crippen molar-refractivity contribution < 1.29 is 13.5 Å². The Morgan fingerprint density at radius 3 is 2.15 bits per heavy atom. The molecular weight excluding hydrogens is 344 g/mol. The summed E-state index contributed by atoms with van der Waals surface area (Å²) in [5, 5.41) is 0. The van der Waals surface area contributed by atoms with Gasteiger partial charge in [-0.1, -0.05) is 32.6 Å². The third kappa shape index (κ3) is 7.35. The van der Waals surface area contributed by atoms with Gasteiger partial charge in [0, 0.05) is 18.5 Å². The highest BCUT2D eigenvalue weighted by Gasteiger charge is 2.45.